The first-order valence-electron chi connectivity index (χ1n) is 6.47. The van der Waals surface area contributed by atoms with Gasteiger partial charge in [0, 0.05) is 18.1 Å². The lowest BCUT2D eigenvalue weighted by molar-refractivity contribution is 0.242. The van der Waals surface area contributed by atoms with E-state index in [1.807, 2.05) is 26.0 Å². The van der Waals surface area contributed by atoms with E-state index in [0.29, 0.717) is 11.8 Å². The molecule has 3 nitrogen and oxygen atoms in total. The maximum Gasteiger partial charge on any atom is 0.169 e. The van der Waals surface area contributed by atoms with Crippen LogP contribution in [0, 0.1) is 5.92 Å². The number of nitrogens with one attached hydrogen (secondary N) is 1. The Hall–Kier alpha value is -0.960. The van der Waals surface area contributed by atoms with Gasteiger partial charge in [0.15, 0.2) is 11.6 Å². The maximum absolute atomic E-state index is 5.99. The zero-order chi connectivity index (χ0) is 13.5. The van der Waals surface area contributed by atoms with E-state index in [0.717, 1.165) is 18.0 Å². The first-order chi connectivity index (χ1) is 8.52. The molecule has 18 heavy (non-hydrogen) atoms. The molecule has 0 aliphatic rings. The number of pyridine rings is 1. The molecular formula is C14H23ClN2O. The number of nitrogens with zero attached hydrogens (tertiary/aromatic N) is 1. The molecule has 1 atom stereocenters. The lowest BCUT2D eigenvalue weighted by atomic mass is 10.1. The molecule has 1 rings (SSSR count). The van der Waals surface area contributed by atoms with Crippen molar-refractivity contribution in [2.75, 3.05) is 11.2 Å². The Bertz CT molecular complexity index is 355. The van der Waals surface area contributed by atoms with Gasteiger partial charge in [0.1, 0.15) is 0 Å². The summed E-state index contributed by atoms with van der Waals surface area (Å²) < 4.78 is 5.73. The van der Waals surface area contributed by atoms with Crippen LogP contribution in [0.2, 0.25) is 0 Å². The molecule has 1 unspecified atom stereocenters. The first-order valence-corrected chi connectivity index (χ1v) is 7.00. The van der Waals surface area contributed by atoms with Crippen LogP contribution in [0.1, 0.15) is 34.1 Å². The van der Waals surface area contributed by atoms with Gasteiger partial charge in [-0.15, -0.1) is 11.6 Å². The zero-order valence-electron chi connectivity index (χ0n) is 11.6. The standard InChI is InChI=1S/C14H23ClN2O/c1-10(2)8-12(9-15)17-14-13(18-11(3)4)6-5-7-16-14/h5-7,10-12H,8-9H2,1-4H3,(H,16,17). The number of hydrogen-bond donors (Lipinski definition) is 1. The minimum absolute atomic E-state index is 0.134. The Balaban J connectivity index is 2.75. The Morgan fingerprint density at radius 2 is 2.06 bits per heavy atom. The van der Waals surface area contributed by atoms with Crippen LogP contribution in [0.25, 0.3) is 0 Å². The summed E-state index contributed by atoms with van der Waals surface area (Å²) in [7, 11) is 0. The molecule has 0 fully saturated rings. The second-order valence-electron chi connectivity index (χ2n) is 5.14. The number of aromatic nitrogens is 1. The van der Waals surface area contributed by atoms with Crippen LogP contribution in [0.15, 0.2) is 18.3 Å². The zero-order valence-corrected chi connectivity index (χ0v) is 12.4. The van der Waals surface area contributed by atoms with E-state index in [2.05, 4.69) is 24.1 Å². The van der Waals surface area contributed by atoms with Crippen LogP contribution in [0.5, 0.6) is 5.75 Å². The molecule has 102 valence electrons. The van der Waals surface area contributed by atoms with Crippen molar-refractivity contribution in [3.05, 3.63) is 18.3 Å². The number of halogens is 1. The molecule has 0 aliphatic carbocycles. The van der Waals surface area contributed by atoms with Crippen LogP contribution in [0.4, 0.5) is 5.82 Å². The fourth-order valence-corrected chi connectivity index (χ4v) is 1.97. The van der Waals surface area contributed by atoms with Gasteiger partial charge < -0.3 is 10.1 Å². The van der Waals surface area contributed by atoms with E-state index in [1.54, 1.807) is 6.20 Å². The number of rotatable bonds is 7. The van der Waals surface area contributed by atoms with Gasteiger partial charge in [0.25, 0.3) is 0 Å². The summed E-state index contributed by atoms with van der Waals surface area (Å²) in [6.07, 6.45) is 2.91. The van der Waals surface area contributed by atoms with Crippen molar-refractivity contribution < 1.29 is 4.74 Å². The molecule has 1 heterocycles. The van der Waals surface area contributed by atoms with Crippen LogP contribution >= 0.6 is 11.6 Å². The van der Waals surface area contributed by atoms with Crippen molar-refractivity contribution in [1.29, 1.82) is 0 Å². The van der Waals surface area contributed by atoms with Gasteiger partial charge in [-0.2, -0.15) is 0 Å². The van der Waals surface area contributed by atoms with Crippen molar-refractivity contribution in [2.24, 2.45) is 5.92 Å². The van der Waals surface area contributed by atoms with Gasteiger partial charge in [0.2, 0.25) is 0 Å². The molecule has 1 aromatic rings. The van der Waals surface area contributed by atoms with Gasteiger partial charge in [-0.05, 0) is 38.3 Å². The summed E-state index contributed by atoms with van der Waals surface area (Å²) in [5.41, 5.74) is 0. The lowest BCUT2D eigenvalue weighted by Gasteiger charge is -2.21. The largest absolute Gasteiger partial charge is 0.487 e. The molecule has 0 aliphatic heterocycles. The Morgan fingerprint density at radius 1 is 1.33 bits per heavy atom. The highest BCUT2D eigenvalue weighted by Gasteiger charge is 2.13. The first kappa shape index (κ1) is 15.1. The minimum atomic E-state index is 0.134. The van der Waals surface area contributed by atoms with Gasteiger partial charge in [-0.25, -0.2) is 4.98 Å². The van der Waals surface area contributed by atoms with Gasteiger partial charge in [0.05, 0.1) is 6.10 Å². The third-order valence-corrected chi connectivity index (χ3v) is 2.79. The summed E-state index contributed by atoms with van der Waals surface area (Å²) in [6.45, 7) is 8.38. The number of anilines is 1. The monoisotopic (exact) mass is 270 g/mol. The lowest BCUT2D eigenvalue weighted by Crippen LogP contribution is -2.24. The predicted molar refractivity (Wildman–Crippen MR) is 77.6 cm³/mol. The molecule has 0 spiro atoms. The van der Waals surface area contributed by atoms with Crippen molar-refractivity contribution in [3.63, 3.8) is 0 Å². The maximum atomic E-state index is 5.99. The van der Waals surface area contributed by atoms with Gasteiger partial charge >= 0.3 is 0 Å². The predicted octanol–water partition coefficient (Wildman–Crippen LogP) is 3.93. The van der Waals surface area contributed by atoms with E-state index in [4.69, 9.17) is 16.3 Å². The highest BCUT2D eigenvalue weighted by atomic mass is 35.5. The molecule has 0 saturated carbocycles. The third-order valence-electron chi connectivity index (χ3n) is 2.42. The van der Waals surface area contributed by atoms with Crippen LogP contribution < -0.4 is 10.1 Å². The van der Waals surface area contributed by atoms with Crippen molar-refractivity contribution in [3.8, 4) is 5.75 Å². The molecular weight excluding hydrogens is 248 g/mol. The fraction of sp³-hybridized carbons (Fsp3) is 0.643. The SMILES string of the molecule is CC(C)CC(CCl)Nc1ncccc1OC(C)C. The van der Waals surface area contributed by atoms with Crippen LogP contribution in [-0.2, 0) is 0 Å². The van der Waals surface area contributed by atoms with Crippen LogP contribution in [-0.4, -0.2) is 23.0 Å². The van der Waals surface area contributed by atoms with Crippen molar-refractivity contribution in [1.82, 2.24) is 4.98 Å². The van der Waals surface area contributed by atoms with Crippen molar-refractivity contribution in [2.45, 2.75) is 46.3 Å². The molecule has 4 heteroatoms. The molecule has 1 aromatic heterocycles. The number of ether oxygens (including phenoxy) is 1. The van der Waals surface area contributed by atoms with E-state index < -0.39 is 0 Å². The second-order valence-corrected chi connectivity index (χ2v) is 5.45. The number of alkyl halides is 1. The average Bonchev–Trinajstić information content (AvgIpc) is 2.29. The topological polar surface area (TPSA) is 34.2 Å². The average molecular weight is 271 g/mol. The van der Waals surface area contributed by atoms with Crippen LogP contribution in [0.3, 0.4) is 0 Å². The molecule has 0 saturated heterocycles. The number of hydrogen-bond acceptors (Lipinski definition) is 3. The smallest absolute Gasteiger partial charge is 0.169 e. The second kappa shape index (κ2) is 7.47. The molecule has 0 bridgehead atoms. The van der Waals surface area contributed by atoms with E-state index >= 15 is 0 Å². The Kier molecular flexibility index (Phi) is 6.27. The molecule has 0 aromatic carbocycles. The van der Waals surface area contributed by atoms with Gasteiger partial charge in [-0.3, -0.25) is 0 Å². The summed E-state index contributed by atoms with van der Waals surface area (Å²) >= 11 is 5.99. The summed E-state index contributed by atoms with van der Waals surface area (Å²) in [4.78, 5) is 4.33. The highest BCUT2D eigenvalue weighted by Crippen LogP contribution is 2.24. The van der Waals surface area contributed by atoms with Gasteiger partial charge in [-0.1, -0.05) is 13.8 Å². The van der Waals surface area contributed by atoms with E-state index in [9.17, 15) is 0 Å². The quantitative estimate of drug-likeness (QED) is 0.762. The van der Waals surface area contributed by atoms with Crippen molar-refractivity contribution >= 4 is 17.4 Å². The normalized spacial score (nSPS) is 12.8. The fourth-order valence-electron chi connectivity index (χ4n) is 1.77. The van der Waals surface area contributed by atoms with E-state index in [-0.39, 0.29) is 12.1 Å². The summed E-state index contributed by atoms with van der Waals surface area (Å²) in [5, 5.41) is 3.37. The summed E-state index contributed by atoms with van der Waals surface area (Å²) in [6, 6.07) is 4.02. The van der Waals surface area contributed by atoms with E-state index in [1.165, 1.54) is 0 Å². The molecule has 1 N–H and O–H groups in total. The summed E-state index contributed by atoms with van der Waals surface area (Å²) in [5.74, 6) is 2.72. The Labute approximate surface area is 115 Å². The molecule has 0 amide bonds. The highest BCUT2D eigenvalue weighted by molar-refractivity contribution is 6.18. The minimum Gasteiger partial charge on any atom is -0.487 e. The Morgan fingerprint density at radius 3 is 2.61 bits per heavy atom. The third kappa shape index (κ3) is 5.13. The molecule has 0 radical (unpaired) electrons.